The smallest absolute Gasteiger partial charge is 0.158 e. The Morgan fingerprint density at radius 3 is 2.73 bits per heavy atom. The third kappa shape index (κ3) is 4.31. The van der Waals surface area contributed by atoms with Gasteiger partial charge >= 0.3 is 0 Å². The molecule has 0 fully saturated rings. The summed E-state index contributed by atoms with van der Waals surface area (Å²) in [5, 5.41) is 12.4. The maximum atomic E-state index is 13.5. The number of halogens is 2. The SMILES string of the molecule is CCc1nc(CS(=O)(=O)CC(O)c2cc(F)ccc2F)cs1. The van der Waals surface area contributed by atoms with Gasteiger partial charge in [-0.15, -0.1) is 11.3 Å². The number of hydrogen-bond donors (Lipinski definition) is 1. The standard InChI is InChI=1S/C14H15F2NO3S2/c1-2-14-17-10(6-21-14)7-22(19,20)8-13(18)11-5-9(15)3-4-12(11)16/h3-6,13,18H,2,7-8H2,1H3. The fraction of sp³-hybridized carbons (Fsp3) is 0.357. The molecule has 0 radical (unpaired) electrons. The van der Waals surface area contributed by atoms with Crippen LogP contribution in [-0.4, -0.2) is 24.3 Å². The lowest BCUT2D eigenvalue weighted by Gasteiger charge is -2.12. The molecule has 22 heavy (non-hydrogen) atoms. The Kier molecular flexibility index (Phi) is 5.25. The summed E-state index contributed by atoms with van der Waals surface area (Å²) in [7, 11) is -3.70. The molecule has 1 atom stereocenters. The van der Waals surface area contributed by atoms with Gasteiger partial charge in [0.1, 0.15) is 11.6 Å². The second-order valence-electron chi connectivity index (χ2n) is 4.82. The van der Waals surface area contributed by atoms with E-state index in [-0.39, 0.29) is 11.3 Å². The van der Waals surface area contributed by atoms with E-state index in [1.807, 2.05) is 6.92 Å². The molecule has 1 aromatic carbocycles. The lowest BCUT2D eigenvalue weighted by molar-refractivity contribution is 0.196. The summed E-state index contributed by atoms with van der Waals surface area (Å²) >= 11 is 1.36. The van der Waals surface area contributed by atoms with Crippen molar-refractivity contribution in [3.63, 3.8) is 0 Å². The number of rotatable bonds is 6. The summed E-state index contributed by atoms with van der Waals surface area (Å²) < 4.78 is 50.8. The minimum absolute atomic E-state index is 0.336. The highest BCUT2D eigenvalue weighted by molar-refractivity contribution is 7.90. The average Bonchev–Trinajstić information content (AvgIpc) is 2.87. The molecule has 4 nitrogen and oxygen atoms in total. The topological polar surface area (TPSA) is 67.3 Å². The average molecular weight is 347 g/mol. The minimum Gasteiger partial charge on any atom is -0.387 e. The first kappa shape index (κ1) is 17.0. The Labute approximate surface area is 131 Å². The van der Waals surface area contributed by atoms with Crippen LogP contribution >= 0.6 is 11.3 Å². The number of hydrogen-bond acceptors (Lipinski definition) is 5. The highest BCUT2D eigenvalue weighted by Gasteiger charge is 2.23. The molecule has 0 aliphatic heterocycles. The van der Waals surface area contributed by atoms with Crippen LogP contribution in [0.5, 0.6) is 0 Å². The molecule has 0 aliphatic rings. The van der Waals surface area contributed by atoms with Crippen LogP contribution < -0.4 is 0 Å². The van der Waals surface area contributed by atoms with E-state index in [9.17, 15) is 22.3 Å². The molecule has 120 valence electrons. The second kappa shape index (κ2) is 6.80. The van der Waals surface area contributed by atoms with Crippen molar-refractivity contribution in [2.24, 2.45) is 0 Å². The molecule has 0 saturated heterocycles. The lowest BCUT2D eigenvalue weighted by atomic mass is 10.1. The quantitative estimate of drug-likeness (QED) is 0.872. The fourth-order valence-electron chi connectivity index (χ4n) is 1.96. The van der Waals surface area contributed by atoms with E-state index in [1.54, 1.807) is 5.38 Å². The van der Waals surface area contributed by atoms with E-state index in [1.165, 1.54) is 11.3 Å². The van der Waals surface area contributed by atoms with Crippen molar-refractivity contribution in [3.8, 4) is 0 Å². The van der Waals surface area contributed by atoms with Crippen LogP contribution in [0.3, 0.4) is 0 Å². The molecule has 8 heteroatoms. The molecule has 0 spiro atoms. The Balaban J connectivity index is 2.12. The van der Waals surface area contributed by atoms with Crippen molar-refractivity contribution < 1.29 is 22.3 Å². The van der Waals surface area contributed by atoms with Crippen molar-refractivity contribution in [1.82, 2.24) is 4.98 Å². The minimum atomic E-state index is -3.70. The third-order valence-corrected chi connectivity index (χ3v) is 5.60. The number of sulfone groups is 1. The van der Waals surface area contributed by atoms with Crippen LogP contribution in [0.1, 0.15) is 29.3 Å². The zero-order valence-corrected chi connectivity index (χ0v) is 13.4. The molecule has 2 aromatic rings. The van der Waals surface area contributed by atoms with Gasteiger partial charge in [0, 0.05) is 10.9 Å². The predicted molar refractivity (Wildman–Crippen MR) is 80.3 cm³/mol. The summed E-state index contributed by atoms with van der Waals surface area (Å²) in [5.74, 6) is -2.60. The summed E-state index contributed by atoms with van der Waals surface area (Å²) in [6.45, 7) is 1.91. The summed E-state index contributed by atoms with van der Waals surface area (Å²) in [5.41, 5.74) is 0.0323. The van der Waals surface area contributed by atoms with Gasteiger partial charge in [0.05, 0.1) is 28.3 Å². The number of nitrogens with zero attached hydrogens (tertiary/aromatic N) is 1. The number of aromatic nitrogens is 1. The van der Waals surface area contributed by atoms with Crippen LogP contribution in [0.25, 0.3) is 0 Å². The molecule has 0 bridgehead atoms. The Morgan fingerprint density at radius 2 is 2.09 bits per heavy atom. The van der Waals surface area contributed by atoms with E-state index in [0.29, 0.717) is 12.1 Å². The van der Waals surface area contributed by atoms with Gasteiger partial charge in [-0.2, -0.15) is 0 Å². The molecule has 0 saturated carbocycles. The van der Waals surface area contributed by atoms with Gasteiger partial charge in [-0.25, -0.2) is 22.2 Å². The Hall–Kier alpha value is -1.38. The summed E-state index contributed by atoms with van der Waals surface area (Å²) in [4.78, 5) is 4.15. The van der Waals surface area contributed by atoms with Crippen LogP contribution in [-0.2, 0) is 22.0 Å². The lowest BCUT2D eigenvalue weighted by Crippen LogP contribution is -2.17. The monoisotopic (exact) mass is 347 g/mol. The number of aliphatic hydroxyl groups is 1. The van der Waals surface area contributed by atoms with Crippen LogP contribution in [0.15, 0.2) is 23.6 Å². The first-order chi connectivity index (χ1) is 10.3. The van der Waals surface area contributed by atoms with Gasteiger partial charge in [0.15, 0.2) is 9.84 Å². The van der Waals surface area contributed by atoms with Crippen molar-refractivity contribution in [3.05, 3.63) is 51.5 Å². The number of benzene rings is 1. The molecular weight excluding hydrogens is 332 g/mol. The predicted octanol–water partition coefficient (Wildman–Crippen LogP) is 2.63. The van der Waals surface area contributed by atoms with E-state index in [4.69, 9.17) is 0 Å². The fourth-order valence-corrected chi connectivity index (χ4v) is 4.19. The Bertz CT molecular complexity index is 759. The summed E-state index contributed by atoms with van der Waals surface area (Å²) in [6, 6.07) is 2.56. The normalized spacial score (nSPS) is 13.3. The maximum Gasteiger partial charge on any atom is 0.158 e. The molecular formula is C14H15F2NO3S2. The van der Waals surface area contributed by atoms with Gasteiger partial charge in [-0.3, -0.25) is 0 Å². The number of aliphatic hydroxyl groups excluding tert-OH is 1. The van der Waals surface area contributed by atoms with Gasteiger partial charge in [0.25, 0.3) is 0 Å². The first-order valence-corrected chi connectivity index (χ1v) is 9.27. The number of aryl methyl sites for hydroxylation is 1. The summed E-state index contributed by atoms with van der Waals surface area (Å²) in [6.07, 6.45) is -0.910. The first-order valence-electron chi connectivity index (χ1n) is 6.57. The molecule has 2 rings (SSSR count). The molecule has 0 amide bonds. The van der Waals surface area contributed by atoms with E-state index >= 15 is 0 Å². The molecule has 1 aromatic heterocycles. The zero-order chi connectivity index (χ0) is 16.3. The van der Waals surface area contributed by atoms with Gasteiger partial charge < -0.3 is 5.11 Å². The largest absolute Gasteiger partial charge is 0.387 e. The van der Waals surface area contributed by atoms with E-state index in [0.717, 1.165) is 23.2 Å². The highest BCUT2D eigenvalue weighted by atomic mass is 32.2. The van der Waals surface area contributed by atoms with Gasteiger partial charge in [0.2, 0.25) is 0 Å². The maximum absolute atomic E-state index is 13.5. The van der Waals surface area contributed by atoms with Crippen molar-refractivity contribution >= 4 is 21.2 Å². The molecule has 0 aliphatic carbocycles. The van der Waals surface area contributed by atoms with E-state index < -0.39 is 33.3 Å². The van der Waals surface area contributed by atoms with Crippen molar-refractivity contribution in [2.45, 2.75) is 25.2 Å². The van der Waals surface area contributed by atoms with Crippen LogP contribution in [0.2, 0.25) is 0 Å². The van der Waals surface area contributed by atoms with E-state index in [2.05, 4.69) is 4.98 Å². The highest BCUT2D eigenvalue weighted by Crippen LogP contribution is 2.22. The Morgan fingerprint density at radius 1 is 1.36 bits per heavy atom. The number of thiazole rings is 1. The third-order valence-electron chi connectivity index (χ3n) is 3.00. The zero-order valence-electron chi connectivity index (χ0n) is 11.8. The van der Waals surface area contributed by atoms with Gasteiger partial charge in [-0.05, 0) is 24.6 Å². The van der Waals surface area contributed by atoms with Crippen molar-refractivity contribution in [2.75, 3.05) is 5.75 Å². The molecule has 1 unspecified atom stereocenters. The van der Waals surface area contributed by atoms with Gasteiger partial charge in [-0.1, -0.05) is 6.92 Å². The second-order valence-corrected chi connectivity index (χ2v) is 7.87. The van der Waals surface area contributed by atoms with Crippen LogP contribution in [0.4, 0.5) is 8.78 Å². The molecule has 1 N–H and O–H groups in total. The van der Waals surface area contributed by atoms with Crippen LogP contribution in [0, 0.1) is 11.6 Å². The molecule has 1 heterocycles. The van der Waals surface area contributed by atoms with Crippen molar-refractivity contribution in [1.29, 1.82) is 0 Å².